The molecule has 1 aromatic carbocycles. The van der Waals surface area contributed by atoms with E-state index >= 15 is 0 Å². The van der Waals surface area contributed by atoms with E-state index in [0.29, 0.717) is 23.0 Å². The predicted octanol–water partition coefficient (Wildman–Crippen LogP) is 4.43. The molecule has 4 rings (SSSR count). The summed E-state index contributed by atoms with van der Waals surface area (Å²) in [6.07, 6.45) is 3.43. The molecule has 147 valence electrons. The molecule has 4 aromatic rings. The lowest BCUT2D eigenvalue weighted by Crippen LogP contribution is -2.15. The van der Waals surface area contributed by atoms with Crippen LogP contribution < -0.4 is 10.6 Å². The molecular weight excluding hydrogens is 386 g/mol. The van der Waals surface area contributed by atoms with Gasteiger partial charge in [-0.15, -0.1) is 0 Å². The van der Waals surface area contributed by atoms with Crippen LogP contribution in [0.25, 0.3) is 11.0 Å². The summed E-state index contributed by atoms with van der Waals surface area (Å²) in [6.45, 7) is 3.35. The van der Waals surface area contributed by atoms with Crippen molar-refractivity contribution in [2.24, 2.45) is 0 Å². The van der Waals surface area contributed by atoms with E-state index in [0.717, 1.165) is 11.1 Å². The van der Waals surface area contributed by atoms with Gasteiger partial charge in [0.1, 0.15) is 17.3 Å². The highest BCUT2D eigenvalue weighted by Gasteiger charge is 2.23. The number of nitrogens with one attached hydrogen (secondary N) is 3. The number of hydrogen-bond donors (Lipinski definition) is 3. The second-order valence-electron chi connectivity index (χ2n) is 6.78. The molecule has 0 saturated heterocycles. The Bertz CT molecular complexity index is 1250. The Morgan fingerprint density at radius 1 is 1.07 bits per heavy atom. The van der Waals surface area contributed by atoms with E-state index in [2.05, 4.69) is 31.7 Å². The maximum absolute atomic E-state index is 12.8. The number of nitrogens with zero attached hydrogens (tertiary/aromatic N) is 2. The molecule has 1 radical (unpaired) electrons. The summed E-state index contributed by atoms with van der Waals surface area (Å²) in [6, 6.07) is 17.0. The summed E-state index contributed by atoms with van der Waals surface area (Å²) in [4.78, 5) is 12.1. The topological polar surface area (TPSA) is 99.8 Å². The summed E-state index contributed by atoms with van der Waals surface area (Å²) < 4.78 is 25.6. The first-order chi connectivity index (χ1) is 13.9. The molecule has 0 saturated carbocycles. The van der Waals surface area contributed by atoms with Crippen molar-refractivity contribution in [2.45, 2.75) is 24.0 Å². The summed E-state index contributed by atoms with van der Waals surface area (Å²) in [5.41, 5.74) is 1.92. The first kappa shape index (κ1) is 18.9. The van der Waals surface area contributed by atoms with E-state index in [-0.39, 0.29) is 4.90 Å². The van der Waals surface area contributed by atoms with Crippen LogP contribution in [0, 0.1) is 6.07 Å². The molecule has 0 spiro atoms. The second kappa shape index (κ2) is 7.56. The summed E-state index contributed by atoms with van der Waals surface area (Å²) in [5.74, 6) is 1.18. The van der Waals surface area contributed by atoms with Crippen molar-refractivity contribution in [1.82, 2.24) is 15.0 Å². The zero-order valence-corrected chi connectivity index (χ0v) is 16.8. The van der Waals surface area contributed by atoms with Crippen LogP contribution in [0.2, 0.25) is 0 Å². The highest BCUT2D eigenvalue weighted by Crippen LogP contribution is 2.32. The Hall–Kier alpha value is -3.39. The third-order valence-corrected chi connectivity index (χ3v) is 6.68. The van der Waals surface area contributed by atoms with Gasteiger partial charge in [0.05, 0.1) is 21.5 Å². The number of sulfone groups is 1. The summed E-state index contributed by atoms with van der Waals surface area (Å²) in [5, 5.41) is 6.75. The monoisotopic (exact) mass is 406 g/mol. The summed E-state index contributed by atoms with van der Waals surface area (Å²) in [7, 11) is -3.44. The zero-order chi connectivity index (χ0) is 20.4. The SMILES string of the molecule is CC(C)S(=O)(=O)c1ccccc1Nc1cc(Nc2c[c]ccn2)nc2[nH]ccc12. The third kappa shape index (κ3) is 3.79. The Morgan fingerprint density at radius 2 is 1.90 bits per heavy atom. The van der Waals surface area contributed by atoms with Crippen LogP contribution in [0.3, 0.4) is 0 Å². The van der Waals surface area contributed by atoms with Crippen LogP contribution in [0.15, 0.2) is 65.8 Å². The maximum Gasteiger partial charge on any atom is 0.182 e. The Balaban J connectivity index is 1.77. The van der Waals surface area contributed by atoms with Gasteiger partial charge in [-0.25, -0.2) is 18.4 Å². The van der Waals surface area contributed by atoms with Crippen LogP contribution >= 0.6 is 0 Å². The molecule has 0 atom stereocenters. The number of fused-ring (bicyclic) bond motifs is 1. The highest BCUT2D eigenvalue weighted by atomic mass is 32.2. The maximum atomic E-state index is 12.8. The van der Waals surface area contributed by atoms with Crippen molar-refractivity contribution >= 4 is 43.9 Å². The molecule has 0 bridgehead atoms. The lowest BCUT2D eigenvalue weighted by molar-refractivity contribution is 0.588. The number of hydrogen-bond acceptors (Lipinski definition) is 6. The van der Waals surface area contributed by atoms with Gasteiger partial charge >= 0.3 is 0 Å². The third-order valence-electron chi connectivity index (χ3n) is 4.47. The van der Waals surface area contributed by atoms with E-state index in [9.17, 15) is 8.42 Å². The fraction of sp³-hybridized carbons (Fsp3) is 0.143. The number of aromatic nitrogens is 3. The van der Waals surface area contributed by atoms with Gasteiger partial charge in [0.15, 0.2) is 9.84 Å². The van der Waals surface area contributed by atoms with Gasteiger partial charge in [0.2, 0.25) is 0 Å². The lowest BCUT2D eigenvalue weighted by atomic mass is 10.2. The molecule has 0 fully saturated rings. The normalized spacial score (nSPS) is 11.7. The van der Waals surface area contributed by atoms with Gasteiger partial charge < -0.3 is 15.6 Å². The average Bonchev–Trinajstić information content (AvgIpc) is 3.18. The molecule has 0 aliphatic carbocycles. The van der Waals surface area contributed by atoms with Crippen molar-refractivity contribution in [1.29, 1.82) is 0 Å². The number of H-pyrrole nitrogens is 1. The second-order valence-corrected chi connectivity index (χ2v) is 9.25. The zero-order valence-electron chi connectivity index (χ0n) is 16.0. The number of aromatic amines is 1. The number of anilines is 4. The average molecular weight is 406 g/mol. The van der Waals surface area contributed by atoms with Crippen LogP contribution in [-0.2, 0) is 9.84 Å². The Morgan fingerprint density at radius 3 is 2.66 bits per heavy atom. The first-order valence-electron chi connectivity index (χ1n) is 9.12. The number of pyridine rings is 2. The largest absolute Gasteiger partial charge is 0.354 e. The Kier molecular flexibility index (Phi) is 4.94. The van der Waals surface area contributed by atoms with Gasteiger partial charge in [0.25, 0.3) is 0 Å². The molecule has 3 N–H and O–H groups in total. The van der Waals surface area contributed by atoms with Gasteiger partial charge in [-0.2, -0.15) is 0 Å². The van der Waals surface area contributed by atoms with E-state index in [1.807, 2.05) is 12.1 Å². The van der Waals surface area contributed by atoms with Gasteiger partial charge in [-0.1, -0.05) is 12.1 Å². The van der Waals surface area contributed by atoms with E-state index < -0.39 is 15.1 Å². The predicted molar refractivity (Wildman–Crippen MR) is 114 cm³/mol. The van der Waals surface area contributed by atoms with Crippen molar-refractivity contribution in [3.63, 3.8) is 0 Å². The van der Waals surface area contributed by atoms with Gasteiger partial charge in [0, 0.05) is 23.8 Å². The molecule has 0 aliphatic heterocycles. The molecule has 3 aromatic heterocycles. The van der Waals surface area contributed by atoms with Crippen LogP contribution in [-0.4, -0.2) is 28.6 Å². The first-order valence-corrected chi connectivity index (χ1v) is 10.7. The minimum absolute atomic E-state index is 0.268. The van der Waals surface area contributed by atoms with Crippen molar-refractivity contribution in [3.8, 4) is 0 Å². The van der Waals surface area contributed by atoms with Crippen molar-refractivity contribution in [3.05, 3.63) is 67.0 Å². The van der Waals surface area contributed by atoms with Crippen molar-refractivity contribution in [2.75, 3.05) is 10.6 Å². The van der Waals surface area contributed by atoms with Gasteiger partial charge in [-0.3, -0.25) is 0 Å². The standard InChI is InChI=1S/C21H20N5O2S/c1-14(2)29(27,28)18-8-4-3-7-16(18)24-17-13-20(25-19-9-5-6-11-22-19)26-21-15(17)10-12-23-21/h3-4,6-14H,1-2H3,(H3,22,23,24,25,26). The molecule has 0 aliphatic rings. The number of rotatable bonds is 6. The lowest BCUT2D eigenvalue weighted by Gasteiger charge is -2.16. The highest BCUT2D eigenvalue weighted by molar-refractivity contribution is 7.92. The quantitative estimate of drug-likeness (QED) is 0.438. The summed E-state index contributed by atoms with van der Waals surface area (Å²) >= 11 is 0. The van der Waals surface area contributed by atoms with E-state index in [1.54, 1.807) is 62.6 Å². The van der Waals surface area contributed by atoms with Crippen LogP contribution in [0.1, 0.15) is 13.8 Å². The molecule has 29 heavy (non-hydrogen) atoms. The van der Waals surface area contributed by atoms with E-state index in [4.69, 9.17) is 0 Å². The van der Waals surface area contributed by atoms with Crippen molar-refractivity contribution < 1.29 is 8.42 Å². The minimum Gasteiger partial charge on any atom is -0.354 e. The molecule has 8 heteroatoms. The fourth-order valence-electron chi connectivity index (χ4n) is 2.95. The van der Waals surface area contributed by atoms with Crippen LogP contribution in [0.5, 0.6) is 0 Å². The van der Waals surface area contributed by atoms with Crippen LogP contribution in [0.4, 0.5) is 23.0 Å². The minimum atomic E-state index is -3.44. The number of para-hydroxylation sites is 1. The fourth-order valence-corrected chi connectivity index (χ4v) is 4.15. The molecular formula is C21H20N5O2S. The van der Waals surface area contributed by atoms with Gasteiger partial charge in [-0.05, 0) is 50.2 Å². The molecule has 3 heterocycles. The molecule has 0 unspecified atom stereocenters. The smallest absolute Gasteiger partial charge is 0.182 e. The molecule has 0 amide bonds. The Labute approximate surface area is 169 Å². The van der Waals surface area contributed by atoms with E-state index in [1.165, 1.54) is 0 Å². The molecule has 7 nitrogen and oxygen atoms in total. The number of benzene rings is 1.